The summed E-state index contributed by atoms with van der Waals surface area (Å²) >= 11 is 6.95. The maximum Gasteiger partial charge on any atom is 0.261 e. The number of carbonyl (C=O) groups excluding carboxylic acids is 2. The van der Waals surface area contributed by atoms with Crippen LogP contribution in [-0.2, 0) is 22.6 Å². The summed E-state index contributed by atoms with van der Waals surface area (Å²) in [4.78, 5) is 28.8. The number of nitrogens with one attached hydrogen (secondary N) is 1. The van der Waals surface area contributed by atoms with Crippen LogP contribution >= 0.6 is 31.9 Å². The molecule has 0 bridgehead atoms. The molecule has 0 spiro atoms. The Morgan fingerprint density at radius 1 is 0.972 bits per heavy atom. The first-order valence-electron chi connectivity index (χ1n) is 12.0. The van der Waals surface area contributed by atoms with Gasteiger partial charge in [-0.15, -0.1) is 0 Å². The standard InChI is InChI=1S/C29H32Br2N2O3/c1-4-21(3)32-29(35)27(17-22-8-6-5-7-9-22)33(18-23-10-12-24(30)13-11-23)28(34)19-36-25-14-15-26(31)20(2)16-25/h5-16,21,27H,4,17-19H2,1-3H3,(H,32,35)/t21-,27+/m0/s1. The molecule has 3 rings (SSSR count). The van der Waals surface area contributed by atoms with E-state index in [-0.39, 0.29) is 24.5 Å². The van der Waals surface area contributed by atoms with Gasteiger partial charge in [0, 0.05) is 28.0 Å². The largest absolute Gasteiger partial charge is 0.484 e. The molecule has 36 heavy (non-hydrogen) atoms. The number of hydrogen-bond acceptors (Lipinski definition) is 3. The normalized spacial score (nSPS) is 12.5. The van der Waals surface area contributed by atoms with Crippen molar-refractivity contribution in [2.75, 3.05) is 6.61 Å². The Labute approximate surface area is 230 Å². The van der Waals surface area contributed by atoms with Gasteiger partial charge in [0.25, 0.3) is 5.91 Å². The summed E-state index contributed by atoms with van der Waals surface area (Å²) in [5.74, 6) is 0.188. The number of carbonyl (C=O) groups is 2. The molecule has 0 aliphatic carbocycles. The fourth-order valence-corrected chi connectivity index (χ4v) is 4.23. The second-order valence-electron chi connectivity index (χ2n) is 8.87. The van der Waals surface area contributed by atoms with E-state index in [1.807, 2.05) is 93.6 Å². The summed E-state index contributed by atoms with van der Waals surface area (Å²) < 4.78 is 7.80. The van der Waals surface area contributed by atoms with E-state index in [0.29, 0.717) is 18.7 Å². The van der Waals surface area contributed by atoms with Gasteiger partial charge in [0.1, 0.15) is 11.8 Å². The molecule has 3 aromatic carbocycles. The number of benzene rings is 3. The molecule has 190 valence electrons. The van der Waals surface area contributed by atoms with Gasteiger partial charge in [0.15, 0.2) is 6.61 Å². The number of halogens is 2. The minimum Gasteiger partial charge on any atom is -0.484 e. The Bertz CT molecular complexity index is 1150. The lowest BCUT2D eigenvalue weighted by Crippen LogP contribution is -2.53. The van der Waals surface area contributed by atoms with E-state index in [9.17, 15) is 9.59 Å². The molecule has 7 heteroatoms. The molecule has 0 aliphatic rings. The molecule has 0 unspecified atom stereocenters. The molecule has 0 saturated heterocycles. The number of nitrogens with zero attached hydrogens (tertiary/aromatic N) is 1. The van der Waals surface area contributed by atoms with Crippen LogP contribution in [-0.4, -0.2) is 35.4 Å². The highest BCUT2D eigenvalue weighted by Crippen LogP contribution is 2.22. The molecular weight excluding hydrogens is 584 g/mol. The predicted molar refractivity (Wildman–Crippen MR) is 151 cm³/mol. The van der Waals surface area contributed by atoms with Crippen LogP contribution in [0, 0.1) is 6.92 Å². The van der Waals surface area contributed by atoms with E-state index < -0.39 is 6.04 Å². The van der Waals surface area contributed by atoms with E-state index in [1.54, 1.807) is 4.90 Å². The molecule has 0 radical (unpaired) electrons. The monoisotopic (exact) mass is 614 g/mol. The fourth-order valence-electron chi connectivity index (χ4n) is 3.72. The van der Waals surface area contributed by atoms with Crippen molar-refractivity contribution in [1.82, 2.24) is 10.2 Å². The number of aryl methyl sites for hydroxylation is 1. The number of hydrogen-bond donors (Lipinski definition) is 1. The zero-order chi connectivity index (χ0) is 26.1. The van der Waals surface area contributed by atoms with Crippen molar-refractivity contribution in [3.8, 4) is 5.75 Å². The summed E-state index contributed by atoms with van der Waals surface area (Å²) in [5, 5.41) is 3.08. The molecule has 0 heterocycles. The molecular formula is C29H32Br2N2O3. The van der Waals surface area contributed by atoms with Gasteiger partial charge in [-0.25, -0.2) is 0 Å². The van der Waals surface area contributed by atoms with Crippen molar-refractivity contribution >= 4 is 43.7 Å². The third-order valence-electron chi connectivity index (χ3n) is 6.03. The van der Waals surface area contributed by atoms with Crippen LogP contribution in [0.5, 0.6) is 5.75 Å². The molecule has 1 N–H and O–H groups in total. The van der Waals surface area contributed by atoms with Crippen LogP contribution in [0.1, 0.15) is 37.0 Å². The van der Waals surface area contributed by atoms with E-state index >= 15 is 0 Å². The van der Waals surface area contributed by atoms with Crippen LogP contribution in [0.15, 0.2) is 81.7 Å². The summed E-state index contributed by atoms with van der Waals surface area (Å²) in [6, 6.07) is 22.5. The predicted octanol–water partition coefficient (Wildman–Crippen LogP) is 6.45. The summed E-state index contributed by atoms with van der Waals surface area (Å²) in [6.07, 6.45) is 1.21. The van der Waals surface area contributed by atoms with Crippen LogP contribution in [0.4, 0.5) is 0 Å². The zero-order valence-corrected chi connectivity index (χ0v) is 24.0. The van der Waals surface area contributed by atoms with Crippen molar-refractivity contribution in [3.05, 3.63) is 98.4 Å². The molecule has 0 saturated carbocycles. The van der Waals surface area contributed by atoms with Crippen molar-refractivity contribution in [3.63, 3.8) is 0 Å². The Balaban J connectivity index is 1.90. The third kappa shape index (κ3) is 8.20. The maximum atomic E-state index is 13.6. The van der Waals surface area contributed by atoms with Gasteiger partial charge >= 0.3 is 0 Å². The fraction of sp³-hybridized carbons (Fsp3) is 0.310. The zero-order valence-electron chi connectivity index (χ0n) is 20.8. The lowest BCUT2D eigenvalue weighted by atomic mass is 10.0. The highest BCUT2D eigenvalue weighted by molar-refractivity contribution is 9.10. The molecule has 0 aromatic heterocycles. The quantitative estimate of drug-likeness (QED) is 0.270. The average Bonchev–Trinajstić information content (AvgIpc) is 2.88. The van der Waals surface area contributed by atoms with E-state index in [1.165, 1.54) is 0 Å². The van der Waals surface area contributed by atoms with E-state index in [4.69, 9.17) is 4.74 Å². The first-order chi connectivity index (χ1) is 17.3. The van der Waals surface area contributed by atoms with Crippen LogP contribution in [0.25, 0.3) is 0 Å². The Hall–Kier alpha value is -2.64. The van der Waals surface area contributed by atoms with Crippen LogP contribution < -0.4 is 10.1 Å². The second kappa shape index (κ2) is 13.6. The summed E-state index contributed by atoms with van der Waals surface area (Å²) in [5.41, 5.74) is 2.93. The highest BCUT2D eigenvalue weighted by Gasteiger charge is 2.31. The minimum absolute atomic E-state index is 0.00222. The Morgan fingerprint density at radius 3 is 2.31 bits per heavy atom. The van der Waals surface area contributed by atoms with E-state index in [0.717, 1.165) is 32.1 Å². The van der Waals surface area contributed by atoms with Gasteiger partial charge in [-0.3, -0.25) is 9.59 Å². The van der Waals surface area contributed by atoms with Crippen LogP contribution in [0.2, 0.25) is 0 Å². The molecule has 2 atom stereocenters. The van der Waals surface area contributed by atoms with Crippen molar-refractivity contribution in [2.45, 2.75) is 52.2 Å². The average molecular weight is 616 g/mol. The third-order valence-corrected chi connectivity index (χ3v) is 7.45. The van der Waals surface area contributed by atoms with Crippen molar-refractivity contribution < 1.29 is 14.3 Å². The molecule has 0 aliphatic heterocycles. The Morgan fingerprint density at radius 2 is 1.67 bits per heavy atom. The van der Waals surface area contributed by atoms with Crippen molar-refractivity contribution in [1.29, 1.82) is 0 Å². The Kier molecular flexibility index (Phi) is 10.6. The maximum absolute atomic E-state index is 13.6. The number of ether oxygens (including phenoxy) is 1. The smallest absolute Gasteiger partial charge is 0.261 e. The first kappa shape index (κ1) is 27.9. The SMILES string of the molecule is CC[C@H](C)NC(=O)[C@@H](Cc1ccccc1)N(Cc1ccc(Br)cc1)C(=O)COc1ccc(Br)c(C)c1. The van der Waals surface area contributed by atoms with Gasteiger partial charge in [-0.1, -0.05) is 81.2 Å². The van der Waals surface area contributed by atoms with Gasteiger partial charge in [-0.2, -0.15) is 0 Å². The van der Waals surface area contributed by atoms with Gasteiger partial charge < -0.3 is 15.0 Å². The molecule has 2 amide bonds. The summed E-state index contributed by atoms with van der Waals surface area (Å²) in [7, 11) is 0. The molecule has 3 aromatic rings. The van der Waals surface area contributed by atoms with Gasteiger partial charge in [0.05, 0.1) is 0 Å². The van der Waals surface area contributed by atoms with E-state index in [2.05, 4.69) is 37.2 Å². The van der Waals surface area contributed by atoms with Crippen molar-refractivity contribution in [2.24, 2.45) is 0 Å². The molecule has 0 fully saturated rings. The topological polar surface area (TPSA) is 58.6 Å². The second-order valence-corrected chi connectivity index (χ2v) is 10.6. The van der Waals surface area contributed by atoms with Gasteiger partial charge in [0.2, 0.25) is 5.91 Å². The number of rotatable bonds is 11. The highest BCUT2D eigenvalue weighted by atomic mass is 79.9. The van der Waals surface area contributed by atoms with Gasteiger partial charge in [-0.05, 0) is 67.3 Å². The minimum atomic E-state index is -0.687. The lowest BCUT2D eigenvalue weighted by molar-refractivity contribution is -0.143. The molecule has 5 nitrogen and oxygen atoms in total. The summed E-state index contributed by atoms with van der Waals surface area (Å²) in [6.45, 7) is 6.08. The number of amides is 2. The lowest BCUT2D eigenvalue weighted by Gasteiger charge is -2.32. The van der Waals surface area contributed by atoms with Crippen LogP contribution in [0.3, 0.4) is 0 Å². The first-order valence-corrected chi connectivity index (χ1v) is 13.6.